The van der Waals surface area contributed by atoms with Crippen LogP contribution in [0.2, 0.25) is 0 Å². The molecule has 1 saturated carbocycles. The van der Waals surface area contributed by atoms with E-state index in [1.807, 2.05) is 26.4 Å². The first kappa shape index (κ1) is 19.1. The number of aromatic nitrogens is 2. The Balaban J connectivity index is 1.59. The number of amides is 1. The van der Waals surface area contributed by atoms with Gasteiger partial charge in [0.2, 0.25) is 5.91 Å². The zero-order chi connectivity index (χ0) is 21.0. The van der Waals surface area contributed by atoms with Gasteiger partial charge in [0.25, 0.3) is 0 Å². The van der Waals surface area contributed by atoms with E-state index in [9.17, 15) is 4.79 Å². The van der Waals surface area contributed by atoms with Crippen LogP contribution in [0, 0.1) is 0 Å². The number of carbonyl (C=O) groups excluding carboxylic acids is 1. The molecule has 1 amide bonds. The molecule has 5 rings (SSSR count). The molecule has 7 heteroatoms. The SMILES string of the molecule is CN1C(=O)[C@H](c2ccc(C3CC3)cc2)[C@@](C)(c2cc(-c3cnn(C)c3)cs2)N=C1N. The Morgan fingerprint density at radius 2 is 1.83 bits per heavy atom. The monoisotopic (exact) mass is 419 g/mol. The molecule has 3 heterocycles. The minimum Gasteiger partial charge on any atom is -0.369 e. The minimum atomic E-state index is -0.764. The van der Waals surface area contributed by atoms with E-state index in [0.29, 0.717) is 5.92 Å². The number of guanidine groups is 1. The number of rotatable bonds is 4. The van der Waals surface area contributed by atoms with E-state index in [4.69, 9.17) is 10.7 Å². The number of aryl methyl sites for hydroxylation is 1. The molecule has 0 bridgehead atoms. The van der Waals surface area contributed by atoms with Gasteiger partial charge in [0, 0.05) is 30.7 Å². The first-order valence-corrected chi connectivity index (χ1v) is 11.1. The maximum atomic E-state index is 13.4. The summed E-state index contributed by atoms with van der Waals surface area (Å²) in [6.45, 7) is 2.02. The highest BCUT2D eigenvalue weighted by molar-refractivity contribution is 7.10. The van der Waals surface area contributed by atoms with Crippen LogP contribution in [-0.4, -0.2) is 33.6 Å². The van der Waals surface area contributed by atoms with Crippen molar-refractivity contribution < 1.29 is 4.79 Å². The molecule has 3 aromatic rings. The van der Waals surface area contributed by atoms with Crippen molar-refractivity contribution >= 4 is 23.2 Å². The topological polar surface area (TPSA) is 76.5 Å². The molecule has 1 aliphatic carbocycles. The summed E-state index contributed by atoms with van der Waals surface area (Å²) in [6.07, 6.45) is 6.35. The summed E-state index contributed by atoms with van der Waals surface area (Å²) in [7, 11) is 3.60. The molecule has 6 nitrogen and oxygen atoms in total. The largest absolute Gasteiger partial charge is 0.369 e. The van der Waals surface area contributed by atoms with Gasteiger partial charge in [-0.3, -0.25) is 14.4 Å². The number of hydrogen-bond acceptors (Lipinski definition) is 5. The van der Waals surface area contributed by atoms with Crippen molar-refractivity contribution in [3.05, 3.63) is 64.1 Å². The Bertz CT molecular complexity index is 1140. The van der Waals surface area contributed by atoms with Gasteiger partial charge in [-0.1, -0.05) is 24.3 Å². The number of benzene rings is 1. The molecule has 0 saturated heterocycles. The summed E-state index contributed by atoms with van der Waals surface area (Å²) in [5.41, 5.74) is 9.85. The van der Waals surface area contributed by atoms with E-state index in [0.717, 1.165) is 21.6 Å². The van der Waals surface area contributed by atoms with E-state index in [-0.39, 0.29) is 11.9 Å². The third-order valence-corrected chi connectivity index (χ3v) is 7.44. The van der Waals surface area contributed by atoms with Crippen molar-refractivity contribution in [2.24, 2.45) is 17.8 Å². The van der Waals surface area contributed by atoms with Crippen molar-refractivity contribution in [1.82, 2.24) is 14.7 Å². The van der Waals surface area contributed by atoms with Gasteiger partial charge in [-0.25, -0.2) is 4.99 Å². The number of nitrogens with zero attached hydrogens (tertiary/aromatic N) is 4. The van der Waals surface area contributed by atoms with Gasteiger partial charge in [0.05, 0.1) is 12.1 Å². The van der Waals surface area contributed by atoms with Crippen molar-refractivity contribution in [2.45, 2.75) is 37.1 Å². The highest BCUT2D eigenvalue weighted by atomic mass is 32.1. The third kappa shape index (κ3) is 3.04. The van der Waals surface area contributed by atoms with Gasteiger partial charge in [0.1, 0.15) is 5.54 Å². The van der Waals surface area contributed by atoms with E-state index in [1.54, 1.807) is 23.1 Å². The molecule has 0 spiro atoms. The van der Waals surface area contributed by atoms with E-state index < -0.39 is 11.5 Å². The molecule has 154 valence electrons. The quantitative estimate of drug-likeness (QED) is 0.699. The fourth-order valence-corrected chi connectivity index (χ4v) is 5.34. The van der Waals surface area contributed by atoms with Crippen LogP contribution in [0.25, 0.3) is 11.1 Å². The minimum absolute atomic E-state index is 0.0273. The molecular formula is C23H25N5OS. The lowest BCUT2D eigenvalue weighted by Gasteiger charge is -2.40. The summed E-state index contributed by atoms with van der Waals surface area (Å²) in [5.74, 6) is 0.483. The number of nitrogens with two attached hydrogens (primary N) is 1. The first-order chi connectivity index (χ1) is 14.4. The average Bonchev–Trinajstić information content (AvgIpc) is 3.28. The van der Waals surface area contributed by atoms with E-state index in [1.165, 1.54) is 23.3 Å². The molecule has 1 aliphatic heterocycles. The zero-order valence-electron chi connectivity index (χ0n) is 17.4. The summed E-state index contributed by atoms with van der Waals surface area (Å²) < 4.78 is 1.79. The highest BCUT2D eigenvalue weighted by Crippen LogP contribution is 2.47. The Labute approximate surface area is 180 Å². The molecular weight excluding hydrogens is 394 g/mol. The Morgan fingerprint density at radius 3 is 2.47 bits per heavy atom. The van der Waals surface area contributed by atoms with Gasteiger partial charge in [0.15, 0.2) is 5.96 Å². The standard InChI is InChI=1S/C23H25N5OS/c1-23(19-10-17(13-30-19)18-11-25-27(2)12-18)20(21(29)28(3)22(24)26-23)16-8-6-15(7-9-16)14-4-5-14/h6-14,20H,4-5H2,1-3H3,(H2,24,26)/t20-,23+/m0/s1. The molecule has 0 radical (unpaired) electrons. The molecule has 1 aromatic carbocycles. The second kappa shape index (κ2) is 6.80. The number of likely N-dealkylation sites (N-methyl/N-ethyl adjacent to an activating group) is 1. The number of carbonyl (C=O) groups is 1. The second-order valence-electron chi connectivity index (χ2n) is 8.49. The average molecular weight is 420 g/mol. The van der Waals surface area contributed by atoms with Crippen molar-refractivity contribution in [3.63, 3.8) is 0 Å². The Hall–Kier alpha value is -2.93. The van der Waals surface area contributed by atoms with Crippen LogP contribution in [0.1, 0.15) is 47.6 Å². The molecule has 1 fully saturated rings. The Morgan fingerprint density at radius 1 is 1.13 bits per heavy atom. The van der Waals surface area contributed by atoms with Crippen molar-refractivity contribution in [2.75, 3.05) is 7.05 Å². The number of thiophene rings is 1. The lowest BCUT2D eigenvalue weighted by atomic mass is 9.77. The molecule has 2 N–H and O–H groups in total. The van der Waals surface area contributed by atoms with E-state index >= 15 is 0 Å². The summed E-state index contributed by atoms with van der Waals surface area (Å²) in [4.78, 5) is 20.7. The Kier molecular flexibility index (Phi) is 4.32. The summed E-state index contributed by atoms with van der Waals surface area (Å²) >= 11 is 1.61. The molecule has 2 aliphatic rings. The fourth-order valence-electron chi connectivity index (χ4n) is 4.29. The van der Waals surface area contributed by atoms with Crippen molar-refractivity contribution in [3.8, 4) is 11.1 Å². The van der Waals surface area contributed by atoms with Crippen molar-refractivity contribution in [1.29, 1.82) is 0 Å². The van der Waals surface area contributed by atoms with Crippen LogP contribution in [0.15, 0.2) is 53.1 Å². The molecule has 2 atom stereocenters. The second-order valence-corrected chi connectivity index (χ2v) is 9.40. The van der Waals surface area contributed by atoms with Crippen LogP contribution in [0.4, 0.5) is 0 Å². The predicted molar refractivity (Wildman–Crippen MR) is 119 cm³/mol. The molecule has 30 heavy (non-hydrogen) atoms. The summed E-state index contributed by atoms with van der Waals surface area (Å²) in [5, 5.41) is 6.37. The van der Waals surface area contributed by atoms with E-state index in [2.05, 4.69) is 40.8 Å². The smallest absolute Gasteiger partial charge is 0.239 e. The van der Waals surface area contributed by atoms with Crippen LogP contribution in [-0.2, 0) is 17.4 Å². The normalized spacial score (nSPS) is 24.2. The first-order valence-electron chi connectivity index (χ1n) is 10.2. The van der Waals surface area contributed by atoms with Gasteiger partial charge < -0.3 is 5.73 Å². The van der Waals surface area contributed by atoms with Crippen LogP contribution in [0.3, 0.4) is 0 Å². The zero-order valence-corrected chi connectivity index (χ0v) is 18.2. The predicted octanol–water partition coefficient (Wildman–Crippen LogP) is 3.81. The van der Waals surface area contributed by atoms with Crippen LogP contribution >= 0.6 is 11.3 Å². The summed E-state index contributed by atoms with van der Waals surface area (Å²) in [6, 6.07) is 10.6. The highest BCUT2D eigenvalue weighted by Gasteiger charge is 2.48. The third-order valence-electron chi connectivity index (χ3n) is 6.29. The maximum absolute atomic E-state index is 13.4. The fraction of sp³-hybridized carbons (Fsp3) is 0.348. The molecule has 0 unspecified atom stereocenters. The van der Waals surface area contributed by atoms with Gasteiger partial charge in [-0.05, 0) is 53.8 Å². The molecule has 2 aromatic heterocycles. The maximum Gasteiger partial charge on any atom is 0.239 e. The lowest BCUT2D eigenvalue weighted by Crippen LogP contribution is -2.52. The van der Waals surface area contributed by atoms with Gasteiger partial charge >= 0.3 is 0 Å². The van der Waals surface area contributed by atoms with Gasteiger partial charge in [-0.2, -0.15) is 5.10 Å². The number of hydrogen-bond donors (Lipinski definition) is 1. The lowest BCUT2D eigenvalue weighted by molar-refractivity contribution is -0.130. The van der Waals surface area contributed by atoms with Crippen LogP contribution < -0.4 is 5.73 Å². The number of aliphatic imine (C=N–C) groups is 1. The van der Waals surface area contributed by atoms with Crippen LogP contribution in [0.5, 0.6) is 0 Å². The van der Waals surface area contributed by atoms with Gasteiger partial charge in [-0.15, -0.1) is 11.3 Å².